The summed E-state index contributed by atoms with van der Waals surface area (Å²) in [6.07, 6.45) is 12.5. The van der Waals surface area contributed by atoms with Crippen LogP contribution in [0, 0.1) is 0 Å². The van der Waals surface area contributed by atoms with Crippen molar-refractivity contribution in [2.24, 2.45) is 0 Å². The van der Waals surface area contributed by atoms with Crippen LogP contribution in [0.25, 0.3) is 44.6 Å². The summed E-state index contributed by atoms with van der Waals surface area (Å²) in [6, 6.07) is 10.3. The third kappa shape index (κ3) is 4.67. The molecule has 0 bridgehead atoms. The lowest BCUT2D eigenvalue weighted by atomic mass is 10.1. The highest BCUT2D eigenvalue weighted by Crippen LogP contribution is 2.33. The molecule has 0 amide bonds. The average molecular weight is 493 g/mol. The van der Waals surface area contributed by atoms with Gasteiger partial charge in [0.25, 0.3) is 0 Å². The van der Waals surface area contributed by atoms with Crippen LogP contribution < -0.4 is 10.2 Å². The second-order valence-corrected chi connectivity index (χ2v) is 9.79. The van der Waals surface area contributed by atoms with Crippen molar-refractivity contribution in [2.45, 2.75) is 45.4 Å². The van der Waals surface area contributed by atoms with E-state index in [1.165, 1.54) is 19.3 Å². The van der Waals surface area contributed by atoms with E-state index in [1.54, 1.807) is 0 Å². The molecule has 5 aromatic heterocycles. The largest absolute Gasteiger partial charge is 0.358 e. The van der Waals surface area contributed by atoms with E-state index < -0.39 is 0 Å². The lowest BCUT2D eigenvalue weighted by molar-refractivity contribution is 0.575. The average Bonchev–Trinajstić information content (AvgIpc) is 3.56. The number of hydrogen-bond acceptors (Lipinski definition) is 6. The number of pyridine rings is 3. The number of nitrogens with zero attached hydrogens (tertiary/aromatic N) is 5. The molecular formula is C29H32N8. The van der Waals surface area contributed by atoms with Gasteiger partial charge in [-0.2, -0.15) is 5.10 Å². The van der Waals surface area contributed by atoms with Gasteiger partial charge in [-0.25, -0.2) is 9.97 Å². The number of rotatable bonds is 8. The maximum Gasteiger partial charge on any atom is 0.137 e. The number of piperidine rings is 1. The molecule has 8 heteroatoms. The number of unbranched alkanes of at least 4 members (excludes halogenated alkanes) is 1. The standard InChI is InChI=1S/C29H32N8/c1-3-4-8-19(2)32-21-15-20(17-30-18-21)23-9-10-25-27(34-23)28(36-35-25)26-16-22-24(33-26)11-12-31-29(22)37-13-6-5-7-14-37/h9-12,15-18,32-33H,2-8,13-14H2,1H3,(H,35,36). The highest BCUT2D eigenvalue weighted by Gasteiger charge is 2.19. The van der Waals surface area contributed by atoms with Gasteiger partial charge < -0.3 is 15.2 Å². The van der Waals surface area contributed by atoms with E-state index in [0.717, 1.165) is 94.1 Å². The fraction of sp³-hybridized carbons (Fsp3) is 0.310. The van der Waals surface area contributed by atoms with Gasteiger partial charge in [-0.05, 0) is 62.4 Å². The first-order valence-electron chi connectivity index (χ1n) is 13.2. The van der Waals surface area contributed by atoms with Gasteiger partial charge in [-0.3, -0.25) is 10.1 Å². The molecule has 6 rings (SSSR count). The van der Waals surface area contributed by atoms with Crippen molar-refractivity contribution in [3.8, 4) is 22.6 Å². The van der Waals surface area contributed by atoms with E-state index in [2.05, 4.69) is 56.0 Å². The summed E-state index contributed by atoms with van der Waals surface area (Å²) in [6.45, 7) is 8.43. The van der Waals surface area contributed by atoms with Gasteiger partial charge in [0.05, 0.1) is 34.3 Å². The topological polar surface area (TPSA) is 98.4 Å². The molecule has 1 aliphatic heterocycles. The van der Waals surface area contributed by atoms with Crippen molar-refractivity contribution >= 4 is 33.4 Å². The molecule has 37 heavy (non-hydrogen) atoms. The number of nitrogens with one attached hydrogen (secondary N) is 3. The van der Waals surface area contributed by atoms with E-state index in [9.17, 15) is 0 Å². The van der Waals surface area contributed by atoms with Crippen LogP contribution >= 0.6 is 0 Å². The SMILES string of the molecule is C=C(CCCC)Nc1cncc(-c2ccc3[nH]nc(-c4cc5c(N6CCCCC6)nccc5[nH]4)c3n2)c1. The lowest BCUT2D eigenvalue weighted by Gasteiger charge is -2.28. The van der Waals surface area contributed by atoms with E-state index >= 15 is 0 Å². The van der Waals surface area contributed by atoms with Gasteiger partial charge in [0.1, 0.15) is 17.0 Å². The summed E-state index contributed by atoms with van der Waals surface area (Å²) in [7, 11) is 0. The monoisotopic (exact) mass is 492 g/mol. The number of hydrogen-bond donors (Lipinski definition) is 3. The van der Waals surface area contributed by atoms with E-state index in [4.69, 9.17) is 9.97 Å². The quantitative estimate of drug-likeness (QED) is 0.224. The Hall–Kier alpha value is -4.20. The summed E-state index contributed by atoms with van der Waals surface area (Å²) in [5.74, 6) is 1.05. The number of allylic oxidation sites excluding steroid dienone is 1. The number of fused-ring (bicyclic) bond motifs is 2. The first-order valence-corrected chi connectivity index (χ1v) is 13.2. The first-order chi connectivity index (χ1) is 18.2. The molecule has 0 radical (unpaired) electrons. The van der Waals surface area contributed by atoms with Crippen LogP contribution in [-0.2, 0) is 0 Å². The van der Waals surface area contributed by atoms with Crippen LogP contribution in [0.5, 0.6) is 0 Å². The van der Waals surface area contributed by atoms with Crippen LogP contribution in [-0.4, -0.2) is 43.2 Å². The van der Waals surface area contributed by atoms with Gasteiger partial charge in [-0.15, -0.1) is 0 Å². The third-order valence-corrected chi connectivity index (χ3v) is 7.03. The summed E-state index contributed by atoms with van der Waals surface area (Å²) >= 11 is 0. The van der Waals surface area contributed by atoms with E-state index in [1.807, 2.05) is 36.8 Å². The van der Waals surface area contributed by atoms with Crippen molar-refractivity contribution in [2.75, 3.05) is 23.3 Å². The molecule has 8 nitrogen and oxygen atoms in total. The molecule has 0 atom stereocenters. The van der Waals surface area contributed by atoms with Crippen LogP contribution in [0.15, 0.2) is 61.2 Å². The minimum atomic E-state index is 0.799. The van der Waals surface area contributed by atoms with Gasteiger partial charge in [0, 0.05) is 42.1 Å². The van der Waals surface area contributed by atoms with Crippen molar-refractivity contribution in [3.63, 3.8) is 0 Å². The fourth-order valence-corrected chi connectivity index (χ4v) is 5.08. The molecule has 1 fully saturated rings. The molecule has 6 heterocycles. The van der Waals surface area contributed by atoms with Crippen LogP contribution in [0.4, 0.5) is 11.5 Å². The Kier molecular flexibility index (Phi) is 6.30. The second kappa shape index (κ2) is 10.0. The summed E-state index contributed by atoms with van der Waals surface area (Å²) in [4.78, 5) is 20.1. The van der Waals surface area contributed by atoms with Gasteiger partial charge in [0.2, 0.25) is 0 Å². The van der Waals surface area contributed by atoms with Crippen molar-refractivity contribution in [1.82, 2.24) is 30.1 Å². The van der Waals surface area contributed by atoms with Gasteiger partial charge >= 0.3 is 0 Å². The molecule has 3 N–H and O–H groups in total. The number of anilines is 2. The molecule has 0 aromatic carbocycles. The maximum atomic E-state index is 5.00. The Labute approximate surface area is 216 Å². The van der Waals surface area contributed by atoms with Gasteiger partial charge in [0.15, 0.2) is 0 Å². The van der Waals surface area contributed by atoms with Crippen LogP contribution in [0.1, 0.15) is 45.4 Å². The third-order valence-electron chi connectivity index (χ3n) is 7.03. The second-order valence-electron chi connectivity index (χ2n) is 9.79. The Morgan fingerprint density at radius 2 is 1.97 bits per heavy atom. The van der Waals surface area contributed by atoms with E-state index in [-0.39, 0.29) is 0 Å². The molecule has 188 valence electrons. The molecule has 0 aliphatic carbocycles. The number of H-pyrrole nitrogens is 2. The Bertz CT molecular complexity index is 1560. The highest BCUT2D eigenvalue weighted by atomic mass is 15.2. The molecular weight excluding hydrogens is 460 g/mol. The molecule has 1 aliphatic rings. The summed E-state index contributed by atoms with van der Waals surface area (Å²) in [5.41, 5.74) is 8.20. The number of aromatic nitrogens is 6. The zero-order valence-corrected chi connectivity index (χ0v) is 21.2. The molecule has 5 aromatic rings. The molecule has 0 spiro atoms. The van der Waals surface area contributed by atoms with Crippen LogP contribution in [0.2, 0.25) is 0 Å². The number of aromatic amines is 2. The molecule has 0 unspecified atom stereocenters. The Morgan fingerprint density at radius 1 is 1.08 bits per heavy atom. The predicted octanol–water partition coefficient (Wildman–Crippen LogP) is 6.67. The van der Waals surface area contributed by atoms with Crippen molar-refractivity contribution in [3.05, 3.63) is 61.2 Å². The first kappa shape index (κ1) is 23.2. The van der Waals surface area contributed by atoms with Crippen molar-refractivity contribution < 1.29 is 0 Å². The van der Waals surface area contributed by atoms with Crippen molar-refractivity contribution in [1.29, 1.82) is 0 Å². The van der Waals surface area contributed by atoms with Crippen LogP contribution in [0.3, 0.4) is 0 Å². The zero-order valence-electron chi connectivity index (χ0n) is 21.2. The zero-order chi connectivity index (χ0) is 25.2. The highest BCUT2D eigenvalue weighted by molar-refractivity contribution is 5.98. The van der Waals surface area contributed by atoms with E-state index in [0.29, 0.717) is 0 Å². The lowest BCUT2D eigenvalue weighted by Crippen LogP contribution is -2.30. The Balaban J connectivity index is 1.34. The summed E-state index contributed by atoms with van der Waals surface area (Å²) < 4.78 is 0. The normalized spacial score (nSPS) is 13.9. The molecule has 1 saturated heterocycles. The minimum Gasteiger partial charge on any atom is -0.358 e. The Morgan fingerprint density at radius 3 is 2.84 bits per heavy atom. The predicted molar refractivity (Wildman–Crippen MR) is 151 cm³/mol. The summed E-state index contributed by atoms with van der Waals surface area (Å²) in [5, 5.41) is 12.3. The minimum absolute atomic E-state index is 0.799. The maximum absolute atomic E-state index is 5.00. The molecule has 0 saturated carbocycles. The fourth-order valence-electron chi connectivity index (χ4n) is 5.08. The smallest absolute Gasteiger partial charge is 0.137 e. The van der Waals surface area contributed by atoms with Gasteiger partial charge in [-0.1, -0.05) is 19.9 Å².